The van der Waals surface area contributed by atoms with E-state index in [1.807, 2.05) is 42.1 Å². The molecule has 2 aromatic rings. The molecule has 19 heavy (non-hydrogen) atoms. The van der Waals surface area contributed by atoms with Crippen molar-refractivity contribution in [1.82, 2.24) is 9.78 Å². The molecule has 0 saturated heterocycles. The fourth-order valence-corrected chi connectivity index (χ4v) is 2.67. The van der Waals surface area contributed by atoms with Gasteiger partial charge in [0.25, 0.3) is 0 Å². The molecule has 0 aliphatic carbocycles. The van der Waals surface area contributed by atoms with Gasteiger partial charge in [0, 0.05) is 29.6 Å². The molecule has 0 bridgehead atoms. The van der Waals surface area contributed by atoms with Crippen LogP contribution in [0.25, 0.3) is 0 Å². The van der Waals surface area contributed by atoms with Crippen LogP contribution in [0.4, 0.5) is 0 Å². The van der Waals surface area contributed by atoms with Gasteiger partial charge in [-0.05, 0) is 30.2 Å². The summed E-state index contributed by atoms with van der Waals surface area (Å²) in [6.07, 6.45) is 2.86. The second-order valence-corrected chi connectivity index (χ2v) is 5.43. The van der Waals surface area contributed by atoms with Crippen molar-refractivity contribution >= 4 is 17.7 Å². The standard InChI is InChI=1S/C14H16N2O2S/c1-16-12(6-8-15-16)7-9-19-13-4-2-11(3-5-13)10-14(17)18/h2-6,8H,7,9-10H2,1H3,(H,17,18). The number of aliphatic carboxylic acids is 1. The molecule has 2 rings (SSSR count). The maximum atomic E-state index is 10.6. The molecular formula is C14H16N2O2S. The molecule has 0 radical (unpaired) electrons. The second-order valence-electron chi connectivity index (χ2n) is 4.26. The highest BCUT2D eigenvalue weighted by molar-refractivity contribution is 7.99. The number of hydrogen-bond donors (Lipinski definition) is 1. The monoisotopic (exact) mass is 276 g/mol. The van der Waals surface area contributed by atoms with E-state index in [4.69, 9.17) is 5.11 Å². The number of carbonyl (C=O) groups is 1. The van der Waals surface area contributed by atoms with Crippen molar-refractivity contribution in [2.45, 2.75) is 17.7 Å². The van der Waals surface area contributed by atoms with Crippen LogP contribution in [0.2, 0.25) is 0 Å². The topological polar surface area (TPSA) is 55.1 Å². The van der Waals surface area contributed by atoms with Gasteiger partial charge < -0.3 is 5.11 Å². The Bertz CT molecular complexity index is 549. The number of aryl methyl sites for hydroxylation is 2. The summed E-state index contributed by atoms with van der Waals surface area (Å²) in [6.45, 7) is 0. The Morgan fingerprint density at radius 2 is 2.05 bits per heavy atom. The highest BCUT2D eigenvalue weighted by atomic mass is 32.2. The lowest BCUT2D eigenvalue weighted by atomic mass is 10.2. The first-order valence-corrected chi connectivity index (χ1v) is 7.04. The van der Waals surface area contributed by atoms with Gasteiger partial charge in [-0.25, -0.2) is 0 Å². The van der Waals surface area contributed by atoms with Crippen molar-refractivity contribution in [2.24, 2.45) is 7.05 Å². The van der Waals surface area contributed by atoms with Gasteiger partial charge in [0.1, 0.15) is 0 Å². The number of hydrogen-bond acceptors (Lipinski definition) is 3. The van der Waals surface area contributed by atoms with E-state index in [1.54, 1.807) is 18.0 Å². The molecule has 0 amide bonds. The predicted molar refractivity (Wildman–Crippen MR) is 75.4 cm³/mol. The number of thioether (sulfide) groups is 1. The second kappa shape index (κ2) is 6.43. The summed E-state index contributed by atoms with van der Waals surface area (Å²) >= 11 is 1.77. The highest BCUT2D eigenvalue weighted by Gasteiger charge is 2.02. The summed E-state index contributed by atoms with van der Waals surface area (Å²) in [5.74, 6) is 0.189. The van der Waals surface area contributed by atoms with Crippen LogP contribution in [0.3, 0.4) is 0 Å². The van der Waals surface area contributed by atoms with E-state index in [0.29, 0.717) is 0 Å². The molecule has 0 saturated carbocycles. The van der Waals surface area contributed by atoms with Gasteiger partial charge in [0.2, 0.25) is 0 Å². The largest absolute Gasteiger partial charge is 0.481 e. The average Bonchev–Trinajstić information content (AvgIpc) is 2.77. The molecule has 0 atom stereocenters. The van der Waals surface area contributed by atoms with Crippen molar-refractivity contribution < 1.29 is 9.90 Å². The van der Waals surface area contributed by atoms with E-state index in [-0.39, 0.29) is 6.42 Å². The van der Waals surface area contributed by atoms with Crippen LogP contribution in [0.5, 0.6) is 0 Å². The van der Waals surface area contributed by atoms with Crippen LogP contribution in [0, 0.1) is 0 Å². The Labute approximate surface area is 116 Å². The summed E-state index contributed by atoms with van der Waals surface area (Å²) in [5.41, 5.74) is 2.05. The molecule has 1 aromatic heterocycles. The minimum absolute atomic E-state index is 0.0833. The number of carboxylic acids is 1. The average molecular weight is 276 g/mol. The van der Waals surface area contributed by atoms with Crippen molar-refractivity contribution in [3.8, 4) is 0 Å². The fraction of sp³-hybridized carbons (Fsp3) is 0.286. The third-order valence-electron chi connectivity index (χ3n) is 2.83. The lowest BCUT2D eigenvalue weighted by molar-refractivity contribution is -0.136. The van der Waals surface area contributed by atoms with Gasteiger partial charge in [-0.1, -0.05) is 12.1 Å². The number of rotatable bonds is 6. The maximum absolute atomic E-state index is 10.6. The van der Waals surface area contributed by atoms with Gasteiger partial charge >= 0.3 is 5.97 Å². The Hall–Kier alpha value is -1.75. The maximum Gasteiger partial charge on any atom is 0.307 e. The third-order valence-corrected chi connectivity index (χ3v) is 3.84. The summed E-state index contributed by atoms with van der Waals surface area (Å²) in [4.78, 5) is 11.7. The Balaban J connectivity index is 1.83. The molecule has 0 fully saturated rings. The zero-order valence-electron chi connectivity index (χ0n) is 10.7. The molecule has 100 valence electrons. The first-order chi connectivity index (χ1) is 9.15. The van der Waals surface area contributed by atoms with E-state index >= 15 is 0 Å². The number of aromatic nitrogens is 2. The van der Waals surface area contributed by atoms with E-state index < -0.39 is 5.97 Å². The van der Waals surface area contributed by atoms with Crippen LogP contribution in [0.15, 0.2) is 41.4 Å². The Morgan fingerprint density at radius 1 is 1.32 bits per heavy atom. The van der Waals surface area contributed by atoms with Gasteiger partial charge in [-0.2, -0.15) is 5.10 Å². The van der Waals surface area contributed by atoms with Crippen molar-refractivity contribution in [3.05, 3.63) is 47.8 Å². The molecule has 0 unspecified atom stereocenters. The number of nitrogens with zero attached hydrogens (tertiary/aromatic N) is 2. The summed E-state index contributed by atoms with van der Waals surface area (Å²) in [5, 5.41) is 12.8. The molecule has 0 aliphatic heterocycles. The number of carboxylic acid groups (broad SMARTS) is 1. The Morgan fingerprint density at radius 3 is 2.63 bits per heavy atom. The minimum atomic E-state index is -0.795. The molecule has 1 heterocycles. The lowest BCUT2D eigenvalue weighted by Gasteiger charge is -2.04. The quantitative estimate of drug-likeness (QED) is 0.823. The summed E-state index contributed by atoms with van der Waals surface area (Å²) in [7, 11) is 1.95. The van der Waals surface area contributed by atoms with Crippen molar-refractivity contribution in [1.29, 1.82) is 0 Å². The van der Waals surface area contributed by atoms with Crippen LogP contribution in [0.1, 0.15) is 11.3 Å². The minimum Gasteiger partial charge on any atom is -0.481 e. The molecule has 0 aliphatic rings. The summed E-state index contributed by atoms with van der Waals surface area (Å²) < 4.78 is 1.89. The lowest BCUT2D eigenvalue weighted by Crippen LogP contribution is -2.00. The fourth-order valence-electron chi connectivity index (χ4n) is 1.80. The first-order valence-electron chi connectivity index (χ1n) is 6.05. The van der Waals surface area contributed by atoms with Crippen LogP contribution >= 0.6 is 11.8 Å². The first kappa shape index (κ1) is 13.7. The third kappa shape index (κ3) is 4.13. The van der Waals surface area contributed by atoms with Gasteiger partial charge in [0.05, 0.1) is 6.42 Å². The van der Waals surface area contributed by atoms with Crippen molar-refractivity contribution in [3.63, 3.8) is 0 Å². The smallest absolute Gasteiger partial charge is 0.307 e. The number of benzene rings is 1. The molecule has 0 spiro atoms. The SMILES string of the molecule is Cn1nccc1CCSc1ccc(CC(=O)O)cc1. The van der Waals surface area contributed by atoms with Crippen LogP contribution in [-0.2, 0) is 24.7 Å². The normalized spacial score (nSPS) is 10.6. The molecular weight excluding hydrogens is 260 g/mol. The van der Waals surface area contributed by atoms with E-state index in [0.717, 1.165) is 22.6 Å². The van der Waals surface area contributed by atoms with Gasteiger partial charge in [-0.15, -0.1) is 11.8 Å². The highest BCUT2D eigenvalue weighted by Crippen LogP contribution is 2.19. The zero-order chi connectivity index (χ0) is 13.7. The van der Waals surface area contributed by atoms with E-state index in [2.05, 4.69) is 5.10 Å². The van der Waals surface area contributed by atoms with Crippen molar-refractivity contribution in [2.75, 3.05) is 5.75 Å². The van der Waals surface area contributed by atoms with Gasteiger partial charge in [-0.3, -0.25) is 9.48 Å². The van der Waals surface area contributed by atoms with E-state index in [9.17, 15) is 4.79 Å². The summed E-state index contributed by atoms with van der Waals surface area (Å²) in [6, 6.07) is 9.73. The van der Waals surface area contributed by atoms with Crippen LogP contribution in [-0.4, -0.2) is 26.6 Å². The van der Waals surface area contributed by atoms with E-state index in [1.165, 1.54) is 5.69 Å². The van der Waals surface area contributed by atoms with Gasteiger partial charge in [0.15, 0.2) is 0 Å². The molecule has 5 heteroatoms. The molecule has 1 aromatic carbocycles. The zero-order valence-corrected chi connectivity index (χ0v) is 11.6. The predicted octanol–water partition coefficient (Wildman–Crippen LogP) is 2.38. The Kier molecular flexibility index (Phi) is 4.63. The van der Waals surface area contributed by atoms with Crippen LogP contribution < -0.4 is 0 Å². The molecule has 1 N–H and O–H groups in total. The molecule has 4 nitrogen and oxygen atoms in total.